The zero-order valence-corrected chi connectivity index (χ0v) is 25.7. The van der Waals surface area contributed by atoms with Crippen molar-refractivity contribution in [1.29, 1.82) is 0 Å². The quantitative estimate of drug-likeness (QED) is 0.239. The number of halogens is 1. The Morgan fingerprint density at radius 2 is 1.81 bits per heavy atom. The van der Waals surface area contributed by atoms with Gasteiger partial charge in [-0.1, -0.05) is 36.4 Å². The summed E-state index contributed by atoms with van der Waals surface area (Å²) in [6.45, 7) is 4.24. The molecule has 0 saturated carbocycles. The van der Waals surface area contributed by atoms with E-state index in [2.05, 4.69) is 43.4 Å². The van der Waals surface area contributed by atoms with Crippen LogP contribution in [0.5, 0.6) is 5.75 Å². The van der Waals surface area contributed by atoms with E-state index in [1.54, 1.807) is 6.07 Å². The predicted octanol–water partition coefficient (Wildman–Crippen LogP) is 4.75. The number of carbonyl (C=O) groups is 1. The minimum Gasteiger partial charge on any atom is -0.495 e. The summed E-state index contributed by atoms with van der Waals surface area (Å²) in [6, 6.07) is 16.9. The second kappa shape index (κ2) is 13.4. The molecule has 43 heavy (non-hydrogen) atoms. The number of aliphatic hydroxyl groups is 1. The summed E-state index contributed by atoms with van der Waals surface area (Å²) >= 11 is 0. The smallest absolute Gasteiger partial charge is 0.328 e. The van der Waals surface area contributed by atoms with Crippen molar-refractivity contribution in [2.24, 2.45) is 5.92 Å². The number of methoxy groups -OCH3 is 1. The predicted molar refractivity (Wildman–Crippen MR) is 165 cm³/mol. The van der Waals surface area contributed by atoms with Gasteiger partial charge >= 0.3 is 5.97 Å². The molecular weight excluding hydrogens is 571 g/mol. The van der Waals surface area contributed by atoms with Gasteiger partial charge in [-0.15, -0.1) is 0 Å². The number of nitrogens with one attached hydrogen (secondary N) is 1. The second-order valence-electron chi connectivity index (χ2n) is 11.7. The van der Waals surface area contributed by atoms with Crippen LogP contribution in [-0.4, -0.2) is 67.8 Å². The highest BCUT2D eigenvalue weighted by Crippen LogP contribution is 2.34. The van der Waals surface area contributed by atoms with E-state index in [1.165, 1.54) is 61.7 Å². The van der Waals surface area contributed by atoms with E-state index in [0.717, 1.165) is 29.6 Å². The number of hydrogen-bond acceptors (Lipinski definition) is 6. The van der Waals surface area contributed by atoms with Gasteiger partial charge in [0.15, 0.2) is 0 Å². The van der Waals surface area contributed by atoms with Crippen molar-refractivity contribution in [2.45, 2.75) is 49.6 Å². The molecule has 1 aliphatic carbocycles. The Bertz CT molecular complexity index is 1580. The van der Waals surface area contributed by atoms with E-state index in [4.69, 9.17) is 9.84 Å². The number of carboxylic acid groups (broad SMARTS) is 1. The lowest BCUT2D eigenvalue weighted by atomic mass is 9.88. The molecule has 8 nitrogen and oxygen atoms in total. The normalized spacial score (nSPS) is 14.8. The summed E-state index contributed by atoms with van der Waals surface area (Å²) in [7, 11) is -1.37. The Kier molecular flexibility index (Phi) is 10.1. The average molecular weight is 611 g/mol. The van der Waals surface area contributed by atoms with Gasteiger partial charge in [-0.2, -0.15) is 4.31 Å². The number of β-amino-alcohol motifs (C(OH)–C–C–N with tert-alkyl or cyclic N) is 1. The largest absolute Gasteiger partial charge is 0.495 e. The molecule has 1 aliphatic rings. The molecule has 0 spiro atoms. The molecule has 0 unspecified atom stereocenters. The van der Waals surface area contributed by atoms with Crippen molar-refractivity contribution in [3.8, 4) is 16.9 Å². The fourth-order valence-corrected chi connectivity index (χ4v) is 7.14. The lowest BCUT2D eigenvalue weighted by molar-refractivity contribution is -0.131. The number of fused-ring (bicyclic) bond motifs is 1. The number of aliphatic carboxylic acids is 1. The highest BCUT2D eigenvalue weighted by molar-refractivity contribution is 7.89. The van der Waals surface area contributed by atoms with Gasteiger partial charge in [0.25, 0.3) is 0 Å². The third-order valence-corrected chi connectivity index (χ3v) is 9.65. The molecule has 4 rings (SSSR count). The second-order valence-corrected chi connectivity index (χ2v) is 13.7. The Balaban J connectivity index is 1.45. The van der Waals surface area contributed by atoms with E-state index in [1.807, 2.05) is 0 Å². The highest BCUT2D eigenvalue weighted by atomic mass is 32.2. The first kappa shape index (κ1) is 32.3. The van der Waals surface area contributed by atoms with Crippen LogP contribution in [0.15, 0.2) is 71.6 Å². The van der Waals surface area contributed by atoms with Crippen LogP contribution in [0.2, 0.25) is 0 Å². The number of rotatable bonds is 13. The molecular formula is C33H39FN2O6S. The average Bonchev–Trinajstić information content (AvgIpc) is 3.36. The molecule has 1 atom stereocenters. The third-order valence-electron chi connectivity index (χ3n) is 7.80. The van der Waals surface area contributed by atoms with Gasteiger partial charge in [-0.3, -0.25) is 0 Å². The molecule has 0 bridgehead atoms. The highest BCUT2D eigenvalue weighted by Gasteiger charge is 2.30. The topological polar surface area (TPSA) is 116 Å². The SMILES string of the molecule is COc1ccc(-c2ccc(F)cc2C=CC(=O)O)cc1S(=O)(=O)N(C)C[C@H](O)CNC(C)(C)CC1Cc2ccccc2C1. The van der Waals surface area contributed by atoms with Gasteiger partial charge in [0, 0.05) is 31.8 Å². The maximum absolute atomic E-state index is 14.0. The number of aliphatic hydroxyl groups excluding tert-OH is 1. The summed E-state index contributed by atoms with van der Waals surface area (Å²) in [4.78, 5) is 10.9. The van der Waals surface area contributed by atoms with Crippen molar-refractivity contribution in [3.05, 3.63) is 89.2 Å². The first-order valence-electron chi connectivity index (χ1n) is 14.1. The molecule has 3 N–H and O–H groups in total. The van der Waals surface area contributed by atoms with Crippen molar-refractivity contribution in [1.82, 2.24) is 9.62 Å². The number of carboxylic acids is 1. The Morgan fingerprint density at radius 3 is 2.44 bits per heavy atom. The first-order valence-corrected chi connectivity index (χ1v) is 15.6. The zero-order chi connectivity index (χ0) is 31.4. The Labute approximate surface area is 252 Å². The van der Waals surface area contributed by atoms with Crippen LogP contribution >= 0.6 is 0 Å². The van der Waals surface area contributed by atoms with Gasteiger partial charge in [-0.25, -0.2) is 17.6 Å². The van der Waals surface area contributed by atoms with E-state index >= 15 is 0 Å². The lowest BCUT2D eigenvalue weighted by Crippen LogP contribution is -2.47. The Morgan fingerprint density at radius 1 is 1.14 bits per heavy atom. The summed E-state index contributed by atoms with van der Waals surface area (Å²) in [6.07, 6.45) is 4.14. The van der Waals surface area contributed by atoms with Crippen LogP contribution in [0.4, 0.5) is 4.39 Å². The van der Waals surface area contributed by atoms with Gasteiger partial charge in [-0.05, 0) is 97.2 Å². The number of nitrogens with zero attached hydrogens (tertiary/aromatic N) is 1. The van der Waals surface area contributed by atoms with Crippen LogP contribution in [-0.2, 0) is 27.7 Å². The van der Waals surface area contributed by atoms with E-state index in [9.17, 15) is 22.7 Å². The summed E-state index contributed by atoms with van der Waals surface area (Å²) in [5.41, 5.74) is 3.66. The fraction of sp³-hybridized carbons (Fsp3) is 0.364. The van der Waals surface area contributed by atoms with Crippen LogP contribution in [0.1, 0.15) is 37.0 Å². The van der Waals surface area contributed by atoms with Crippen LogP contribution in [0.3, 0.4) is 0 Å². The van der Waals surface area contributed by atoms with Crippen molar-refractivity contribution in [2.75, 3.05) is 27.2 Å². The fourth-order valence-electron chi connectivity index (χ4n) is 5.75. The third kappa shape index (κ3) is 8.08. The van der Waals surface area contributed by atoms with Crippen LogP contribution < -0.4 is 10.1 Å². The van der Waals surface area contributed by atoms with E-state index < -0.39 is 27.9 Å². The van der Waals surface area contributed by atoms with Gasteiger partial charge in [0.05, 0.1) is 13.2 Å². The van der Waals surface area contributed by atoms with Crippen molar-refractivity contribution in [3.63, 3.8) is 0 Å². The van der Waals surface area contributed by atoms with Crippen molar-refractivity contribution >= 4 is 22.1 Å². The monoisotopic (exact) mass is 610 g/mol. The van der Waals surface area contributed by atoms with Gasteiger partial charge in [0.1, 0.15) is 16.5 Å². The van der Waals surface area contributed by atoms with E-state index in [0.29, 0.717) is 17.0 Å². The standard InChI is InChI=1S/C33H39FN2O6S/c1-33(2,19-22-15-23-7-5-6-8-24(23)16-22)35-20-28(37)21-36(3)43(40,41)31-18-26(9-13-30(31)42-4)29-12-11-27(34)17-25(29)10-14-32(38)39/h5-14,17-18,22,28,35,37H,15-16,19-21H2,1-4H3,(H,38,39)/t28-/m1/s1. The molecule has 230 valence electrons. The minimum absolute atomic E-state index is 0.103. The molecule has 0 fully saturated rings. The molecule has 0 saturated heterocycles. The number of hydrogen-bond donors (Lipinski definition) is 3. The molecule has 0 heterocycles. The van der Waals surface area contributed by atoms with Gasteiger partial charge < -0.3 is 20.3 Å². The zero-order valence-electron chi connectivity index (χ0n) is 24.9. The number of benzene rings is 3. The number of likely N-dealkylation sites (N-methyl/N-ethyl adjacent to an activating group) is 1. The summed E-state index contributed by atoms with van der Waals surface area (Å²) in [5, 5.41) is 23.3. The number of ether oxygens (including phenoxy) is 1. The van der Waals surface area contributed by atoms with E-state index in [-0.39, 0.29) is 34.8 Å². The molecule has 3 aromatic carbocycles. The molecule has 0 radical (unpaired) electrons. The Hall–Kier alpha value is -3.57. The summed E-state index contributed by atoms with van der Waals surface area (Å²) in [5.74, 6) is -1.16. The van der Waals surface area contributed by atoms with Gasteiger partial charge in [0.2, 0.25) is 10.0 Å². The first-order chi connectivity index (χ1) is 20.3. The number of sulfonamides is 1. The maximum Gasteiger partial charge on any atom is 0.328 e. The molecule has 0 aromatic heterocycles. The van der Waals surface area contributed by atoms with Crippen LogP contribution in [0, 0.1) is 11.7 Å². The van der Waals surface area contributed by atoms with Crippen LogP contribution in [0.25, 0.3) is 17.2 Å². The maximum atomic E-state index is 14.0. The molecule has 3 aromatic rings. The van der Waals surface area contributed by atoms with Crippen molar-refractivity contribution < 1.29 is 32.6 Å². The minimum atomic E-state index is -4.12. The molecule has 10 heteroatoms. The lowest BCUT2D eigenvalue weighted by Gasteiger charge is -2.31. The molecule has 0 aliphatic heterocycles. The summed E-state index contributed by atoms with van der Waals surface area (Å²) < 4.78 is 47.8. The molecule has 0 amide bonds.